The van der Waals surface area contributed by atoms with Crippen molar-refractivity contribution in [2.75, 3.05) is 0 Å². The van der Waals surface area contributed by atoms with E-state index in [1.807, 2.05) is 41.8 Å². The number of amides is 1. The van der Waals surface area contributed by atoms with Crippen molar-refractivity contribution < 1.29 is 9.59 Å². The number of rotatable bonds is 6. The van der Waals surface area contributed by atoms with Crippen LogP contribution in [0, 0.1) is 0 Å². The molecule has 5 nitrogen and oxygen atoms in total. The number of Topliss-reactive ketones (excluding diaryl/α,β-unsaturated/α-hetero) is 1. The van der Waals surface area contributed by atoms with Crippen molar-refractivity contribution in [3.8, 4) is 0 Å². The van der Waals surface area contributed by atoms with Crippen molar-refractivity contribution in [3.63, 3.8) is 0 Å². The first-order valence-corrected chi connectivity index (χ1v) is 8.37. The molecule has 1 amide bonds. The molecule has 23 heavy (non-hydrogen) atoms. The standard InChI is InChI=1S/C16H17N3O2S2/c20-13(14-7-4-10-23-14)8-9-15(21)18-19-16(22)17-11-12-5-2-1-3-6-12/h1-7,10H,8-9,11H2,(H,18,21)(H2,17,19,22). The summed E-state index contributed by atoms with van der Waals surface area (Å²) in [4.78, 5) is 24.1. The van der Waals surface area contributed by atoms with Crippen molar-refractivity contribution in [1.82, 2.24) is 16.2 Å². The van der Waals surface area contributed by atoms with E-state index in [4.69, 9.17) is 12.2 Å². The molecule has 1 aromatic heterocycles. The fourth-order valence-corrected chi connectivity index (χ4v) is 2.62. The fraction of sp³-hybridized carbons (Fsp3) is 0.188. The number of hydrogen-bond acceptors (Lipinski definition) is 4. The number of carbonyl (C=O) groups is 2. The molecule has 1 heterocycles. The molecular formula is C16H17N3O2S2. The van der Waals surface area contributed by atoms with Crippen LogP contribution in [0.5, 0.6) is 0 Å². The van der Waals surface area contributed by atoms with E-state index in [0.29, 0.717) is 16.5 Å². The molecule has 0 aliphatic carbocycles. The van der Waals surface area contributed by atoms with Crippen molar-refractivity contribution >= 4 is 40.4 Å². The maximum atomic E-state index is 11.8. The summed E-state index contributed by atoms with van der Waals surface area (Å²) >= 11 is 6.45. The lowest BCUT2D eigenvalue weighted by Gasteiger charge is -2.11. The molecule has 0 aliphatic rings. The third-order valence-corrected chi connectivity index (χ3v) is 4.14. The lowest BCUT2D eigenvalue weighted by molar-refractivity contribution is -0.121. The first-order chi connectivity index (χ1) is 11.1. The van der Waals surface area contributed by atoms with Gasteiger partial charge in [0, 0.05) is 19.4 Å². The van der Waals surface area contributed by atoms with Gasteiger partial charge in [0.2, 0.25) is 5.91 Å². The van der Waals surface area contributed by atoms with Crippen molar-refractivity contribution in [2.45, 2.75) is 19.4 Å². The van der Waals surface area contributed by atoms with Crippen LogP contribution in [-0.4, -0.2) is 16.8 Å². The smallest absolute Gasteiger partial charge is 0.238 e. The highest BCUT2D eigenvalue weighted by Crippen LogP contribution is 2.11. The van der Waals surface area contributed by atoms with Crippen LogP contribution in [0.2, 0.25) is 0 Å². The first kappa shape index (κ1) is 17.1. The predicted octanol–water partition coefficient (Wildman–Crippen LogP) is 2.41. The van der Waals surface area contributed by atoms with E-state index >= 15 is 0 Å². The summed E-state index contributed by atoms with van der Waals surface area (Å²) in [6.07, 6.45) is 0.295. The van der Waals surface area contributed by atoms with E-state index in [-0.39, 0.29) is 24.5 Å². The topological polar surface area (TPSA) is 70.2 Å². The molecule has 7 heteroatoms. The van der Waals surface area contributed by atoms with Gasteiger partial charge in [-0.05, 0) is 29.2 Å². The van der Waals surface area contributed by atoms with Gasteiger partial charge in [-0.2, -0.15) is 0 Å². The summed E-state index contributed by atoms with van der Waals surface area (Å²) in [6.45, 7) is 0.569. The summed E-state index contributed by atoms with van der Waals surface area (Å²) in [5.74, 6) is -0.307. The van der Waals surface area contributed by atoms with Gasteiger partial charge in [-0.25, -0.2) is 0 Å². The minimum Gasteiger partial charge on any atom is -0.357 e. The number of thiocarbonyl (C=S) groups is 1. The fourth-order valence-electron chi connectivity index (χ4n) is 1.80. The van der Waals surface area contributed by atoms with E-state index in [1.54, 1.807) is 6.07 Å². The zero-order valence-corrected chi connectivity index (χ0v) is 14.0. The van der Waals surface area contributed by atoms with E-state index in [1.165, 1.54) is 11.3 Å². The number of ketones is 1. The van der Waals surface area contributed by atoms with Gasteiger partial charge >= 0.3 is 0 Å². The molecule has 0 bridgehead atoms. The molecule has 0 radical (unpaired) electrons. The van der Waals surface area contributed by atoms with Crippen LogP contribution in [-0.2, 0) is 11.3 Å². The summed E-state index contributed by atoms with van der Waals surface area (Å²) in [5.41, 5.74) is 6.19. The Labute approximate surface area is 144 Å². The maximum Gasteiger partial charge on any atom is 0.238 e. The van der Waals surface area contributed by atoms with Crippen LogP contribution in [0.15, 0.2) is 47.8 Å². The Morgan fingerprint density at radius 3 is 2.48 bits per heavy atom. The lowest BCUT2D eigenvalue weighted by Crippen LogP contribution is -2.46. The highest BCUT2D eigenvalue weighted by molar-refractivity contribution is 7.80. The molecule has 1 aromatic carbocycles. The third-order valence-electron chi connectivity index (χ3n) is 2.99. The van der Waals surface area contributed by atoms with Crippen LogP contribution in [0.25, 0.3) is 0 Å². The lowest BCUT2D eigenvalue weighted by atomic mass is 10.2. The molecule has 0 saturated carbocycles. The molecule has 0 fully saturated rings. The highest BCUT2D eigenvalue weighted by Gasteiger charge is 2.10. The van der Waals surface area contributed by atoms with Gasteiger partial charge in [0.25, 0.3) is 0 Å². The number of nitrogens with one attached hydrogen (secondary N) is 3. The van der Waals surface area contributed by atoms with Crippen LogP contribution in [0.1, 0.15) is 28.1 Å². The van der Waals surface area contributed by atoms with E-state index in [9.17, 15) is 9.59 Å². The Morgan fingerprint density at radius 2 is 1.78 bits per heavy atom. The summed E-state index contributed by atoms with van der Waals surface area (Å²) in [7, 11) is 0. The SMILES string of the molecule is O=C(CCC(=O)c1cccs1)NNC(=S)NCc1ccccc1. The Bertz CT molecular complexity index is 657. The molecule has 0 spiro atoms. The maximum absolute atomic E-state index is 11.8. The van der Waals surface area contributed by atoms with E-state index in [2.05, 4.69) is 16.2 Å². The average molecular weight is 347 g/mol. The van der Waals surface area contributed by atoms with Gasteiger partial charge in [-0.3, -0.25) is 20.4 Å². The normalized spacial score (nSPS) is 9.91. The van der Waals surface area contributed by atoms with Gasteiger partial charge in [-0.15, -0.1) is 11.3 Å². The Kier molecular flexibility index (Phi) is 6.71. The van der Waals surface area contributed by atoms with Gasteiger partial charge in [0.05, 0.1) is 4.88 Å². The second-order valence-electron chi connectivity index (χ2n) is 4.74. The summed E-state index contributed by atoms with van der Waals surface area (Å²) in [6, 6.07) is 13.4. The zero-order chi connectivity index (χ0) is 16.5. The molecule has 2 aromatic rings. The number of benzene rings is 1. The van der Waals surface area contributed by atoms with E-state index < -0.39 is 0 Å². The van der Waals surface area contributed by atoms with Crippen molar-refractivity contribution in [2.24, 2.45) is 0 Å². The third kappa shape index (κ3) is 6.17. The Hall–Kier alpha value is -2.25. The largest absolute Gasteiger partial charge is 0.357 e. The average Bonchev–Trinajstić information content (AvgIpc) is 3.11. The monoisotopic (exact) mass is 347 g/mol. The Balaban J connectivity index is 1.62. The predicted molar refractivity (Wildman–Crippen MR) is 95.0 cm³/mol. The van der Waals surface area contributed by atoms with E-state index in [0.717, 1.165) is 5.56 Å². The van der Waals surface area contributed by atoms with Crippen molar-refractivity contribution in [1.29, 1.82) is 0 Å². The van der Waals surface area contributed by atoms with Gasteiger partial charge in [0.15, 0.2) is 10.9 Å². The molecule has 0 atom stereocenters. The minimum absolute atomic E-state index is 0.0278. The molecule has 3 N–H and O–H groups in total. The molecule has 2 rings (SSSR count). The van der Waals surface area contributed by atoms with Crippen LogP contribution < -0.4 is 16.2 Å². The molecular weight excluding hydrogens is 330 g/mol. The zero-order valence-electron chi connectivity index (χ0n) is 12.4. The summed E-state index contributed by atoms with van der Waals surface area (Å²) < 4.78 is 0. The van der Waals surface area contributed by atoms with Gasteiger partial charge < -0.3 is 5.32 Å². The van der Waals surface area contributed by atoms with Crippen LogP contribution in [0.4, 0.5) is 0 Å². The highest BCUT2D eigenvalue weighted by atomic mass is 32.1. The first-order valence-electron chi connectivity index (χ1n) is 7.08. The number of thiophene rings is 1. The Morgan fingerprint density at radius 1 is 1.00 bits per heavy atom. The number of hydrogen-bond donors (Lipinski definition) is 3. The van der Waals surface area contributed by atoms with Crippen LogP contribution >= 0.6 is 23.6 Å². The van der Waals surface area contributed by atoms with Gasteiger partial charge in [0.1, 0.15) is 0 Å². The number of carbonyl (C=O) groups excluding carboxylic acids is 2. The summed E-state index contributed by atoms with van der Waals surface area (Å²) in [5, 5.41) is 5.15. The van der Waals surface area contributed by atoms with Crippen LogP contribution in [0.3, 0.4) is 0 Å². The van der Waals surface area contributed by atoms with Crippen molar-refractivity contribution in [3.05, 3.63) is 58.3 Å². The molecule has 0 aliphatic heterocycles. The molecule has 120 valence electrons. The molecule has 0 unspecified atom stereocenters. The second-order valence-corrected chi connectivity index (χ2v) is 6.10. The minimum atomic E-state index is -0.279. The second kappa shape index (κ2) is 9.02. The quantitative estimate of drug-likeness (QED) is 0.425. The van der Waals surface area contributed by atoms with Gasteiger partial charge in [-0.1, -0.05) is 36.4 Å². The molecule has 0 saturated heterocycles. The number of hydrazine groups is 1.